The highest BCUT2D eigenvalue weighted by Gasteiger charge is 2.25. The Bertz CT molecular complexity index is 842. The molecule has 0 radical (unpaired) electrons. The number of anilines is 1. The van der Waals surface area contributed by atoms with Crippen LogP contribution in [-0.2, 0) is 21.1 Å². The van der Waals surface area contributed by atoms with Crippen molar-refractivity contribution in [1.82, 2.24) is 0 Å². The van der Waals surface area contributed by atoms with Gasteiger partial charge in [-0.05, 0) is 54.4 Å². The highest BCUT2D eigenvalue weighted by molar-refractivity contribution is 7.91. The van der Waals surface area contributed by atoms with E-state index < -0.39 is 15.7 Å². The molecule has 1 aliphatic heterocycles. The van der Waals surface area contributed by atoms with Crippen molar-refractivity contribution in [3.05, 3.63) is 53.3 Å². The smallest absolute Gasteiger partial charge is 0.228 e. The van der Waals surface area contributed by atoms with Crippen LogP contribution in [0.4, 0.5) is 10.1 Å². The van der Waals surface area contributed by atoms with Crippen molar-refractivity contribution in [2.75, 3.05) is 5.32 Å². The van der Waals surface area contributed by atoms with Gasteiger partial charge >= 0.3 is 0 Å². The van der Waals surface area contributed by atoms with E-state index in [4.69, 9.17) is 0 Å². The number of aryl methyl sites for hydroxylation is 1. The highest BCUT2D eigenvalue weighted by Crippen LogP contribution is 2.31. The van der Waals surface area contributed by atoms with E-state index >= 15 is 0 Å². The predicted octanol–water partition coefficient (Wildman–Crippen LogP) is 2.46. The first-order chi connectivity index (χ1) is 9.88. The molecule has 6 heteroatoms. The lowest BCUT2D eigenvalue weighted by molar-refractivity contribution is -0.115. The summed E-state index contributed by atoms with van der Waals surface area (Å²) in [6.07, 6.45) is 0.168. The molecule has 0 saturated heterocycles. The Hall–Kier alpha value is -2.21. The van der Waals surface area contributed by atoms with Crippen LogP contribution < -0.4 is 5.32 Å². The van der Waals surface area contributed by atoms with Gasteiger partial charge in [-0.1, -0.05) is 0 Å². The van der Waals surface area contributed by atoms with Crippen LogP contribution in [0.25, 0.3) is 0 Å². The summed E-state index contributed by atoms with van der Waals surface area (Å²) in [4.78, 5) is 11.6. The molecule has 0 spiro atoms. The second kappa shape index (κ2) is 4.66. The zero-order valence-electron chi connectivity index (χ0n) is 11.2. The summed E-state index contributed by atoms with van der Waals surface area (Å²) in [6.45, 7) is 1.67. The average molecular weight is 305 g/mol. The van der Waals surface area contributed by atoms with E-state index in [1.165, 1.54) is 18.2 Å². The Morgan fingerprint density at radius 1 is 1.14 bits per heavy atom. The molecule has 1 N–H and O–H groups in total. The first kappa shape index (κ1) is 13.8. The molecule has 2 aromatic carbocycles. The zero-order chi connectivity index (χ0) is 15.2. The van der Waals surface area contributed by atoms with Gasteiger partial charge in [0.2, 0.25) is 15.7 Å². The van der Waals surface area contributed by atoms with Crippen molar-refractivity contribution in [3.8, 4) is 0 Å². The minimum absolute atomic E-state index is 0.0317. The molecule has 0 unspecified atom stereocenters. The van der Waals surface area contributed by atoms with Gasteiger partial charge in [-0.2, -0.15) is 0 Å². The van der Waals surface area contributed by atoms with Gasteiger partial charge in [0, 0.05) is 5.69 Å². The minimum atomic E-state index is -3.73. The van der Waals surface area contributed by atoms with Crippen LogP contribution >= 0.6 is 0 Å². The zero-order valence-corrected chi connectivity index (χ0v) is 12.0. The molecule has 2 aromatic rings. The number of carbonyl (C=O) groups is 1. The quantitative estimate of drug-likeness (QED) is 0.867. The molecule has 0 bridgehead atoms. The van der Waals surface area contributed by atoms with Crippen LogP contribution in [0.2, 0.25) is 0 Å². The topological polar surface area (TPSA) is 63.2 Å². The summed E-state index contributed by atoms with van der Waals surface area (Å²) >= 11 is 0. The summed E-state index contributed by atoms with van der Waals surface area (Å²) in [5.74, 6) is -0.643. The molecule has 0 saturated carbocycles. The third kappa shape index (κ3) is 2.31. The predicted molar refractivity (Wildman–Crippen MR) is 75.4 cm³/mol. The second-order valence-electron chi connectivity index (χ2n) is 4.96. The molecule has 0 aliphatic carbocycles. The molecule has 0 atom stereocenters. The van der Waals surface area contributed by atoms with Crippen molar-refractivity contribution >= 4 is 21.4 Å². The summed E-state index contributed by atoms with van der Waals surface area (Å²) < 4.78 is 38.2. The van der Waals surface area contributed by atoms with Gasteiger partial charge in [-0.25, -0.2) is 12.8 Å². The number of hydrogen-bond donors (Lipinski definition) is 1. The van der Waals surface area contributed by atoms with Crippen LogP contribution in [0.1, 0.15) is 11.1 Å². The number of hydrogen-bond acceptors (Lipinski definition) is 3. The van der Waals surface area contributed by atoms with E-state index in [1.807, 2.05) is 0 Å². The molecule has 0 aromatic heterocycles. The standard InChI is InChI=1S/C15H12FNO3S/c1-9-6-13-10(8-15(18)17-13)7-14(9)21(19,20)12-4-2-11(16)3-5-12/h2-7H,8H2,1H3,(H,17,18). The number of amides is 1. The average Bonchev–Trinajstić information content (AvgIpc) is 2.77. The molecule has 1 amide bonds. The van der Waals surface area contributed by atoms with Gasteiger partial charge in [-0.3, -0.25) is 4.79 Å². The second-order valence-corrected chi connectivity index (χ2v) is 6.88. The fraction of sp³-hybridized carbons (Fsp3) is 0.133. The SMILES string of the molecule is Cc1cc2c(cc1S(=O)(=O)c1ccc(F)cc1)CC(=O)N2. The molecule has 1 heterocycles. The van der Waals surface area contributed by atoms with E-state index in [-0.39, 0.29) is 22.1 Å². The molecular formula is C15H12FNO3S. The fourth-order valence-corrected chi connectivity index (χ4v) is 3.92. The number of carbonyl (C=O) groups excluding carboxylic acids is 1. The van der Waals surface area contributed by atoms with E-state index in [9.17, 15) is 17.6 Å². The number of halogens is 1. The maximum atomic E-state index is 12.9. The van der Waals surface area contributed by atoms with Crippen molar-refractivity contribution in [1.29, 1.82) is 0 Å². The van der Waals surface area contributed by atoms with Crippen molar-refractivity contribution in [3.63, 3.8) is 0 Å². The third-order valence-corrected chi connectivity index (χ3v) is 5.35. The van der Waals surface area contributed by atoms with Gasteiger partial charge in [0.15, 0.2) is 0 Å². The van der Waals surface area contributed by atoms with Gasteiger partial charge in [0.1, 0.15) is 5.82 Å². The molecule has 3 rings (SSSR count). The molecule has 21 heavy (non-hydrogen) atoms. The fourth-order valence-electron chi connectivity index (χ4n) is 2.39. The Kier molecular flexibility index (Phi) is 3.06. The van der Waals surface area contributed by atoms with Gasteiger partial charge in [0.25, 0.3) is 0 Å². The maximum Gasteiger partial charge on any atom is 0.228 e. The summed E-state index contributed by atoms with van der Waals surface area (Å²) in [5.41, 5.74) is 1.85. The summed E-state index contributed by atoms with van der Waals surface area (Å²) in [5, 5.41) is 2.68. The molecule has 0 fully saturated rings. The number of fused-ring (bicyclic) bond motifs is 1. The normalized spacial score (nSPS) is 13.9. The van der Waals surface area contributed by atoms with Crippen molar-refractivity contribution in [2.45, 2.75) is 23.1 Å². The number of sulfone groups is 1. The monoisotopic (exact) mass is 305 g/mol. The Morgan fingerprint density at radius 2 is 1.81 bits per heavy atom. The van der Waals surface area contributed by atoms with Crippen LogP contribution in [0.15, 0.2) is 46.2 Å². The number of nitrogens with one attached hydrogen (secondary N) is 1. The molecule has 1 aliphatic rings. The van der Waals surface area contributed by atoms with E-state index in [0.717, 1.165) is 12.1 Å². The lowest BCUT2D eigenvalue weighted by Crippen LogP contribution is -2.05. The largest absolute Gasteiger partial charge is 0.326 e. The lowest BCUT2D eigenvalue weighted by Gasteiger charge is -2.10. The van der Waals surface area contributed by atoms with Crippen molar-refractivity contribution < 1.29 is 17.6 Å². The Labute approximate surface area is 121 Å². The van der Waals surface area contributed by atoms with E-state index in [0.29, 0.717) is 16.8 Å². The van der Waals surface area contributed by atoms with Crippen LogP contribution in [-0.4, -0.2) is 14.3 Å². The molecule has 4 nitrogen and oxygen atoms in total. The van der Waals surface area contributed by atoms with Gasteiger partial charge in [0.05, 0.1) is 16.2 Å². The van der Waals surface area contributed by atoms with Crippen LogP contribution in [0, 0.1) is 12.7 Å². The molecule has 108 valence electrons. The summed E-state index contributed by atoms with van der Waals surface area (Å²) in [7, 11) is -3.73. The molecular weight excluding hydrogens is 293 g/mol. The maximum absolute atomic E-state index is 12.9. The van der Waals surface area contributed by atoms with E-state index in [2.05, 4.69) is 5.32 Å². The Balaban J connectivity index is 2.14. The number of rotatable bonds is 2. The first-order valence-electron chi connectivity index (χ1n) is 6.32. The van der Waals surface area contributed by atoms with Gasteiger partial charge in [-0.15, -0.1) is 0 Å². The lowest BCUT2D eigenvalue weighted by atomic mass is 10.1. The first-order valence-corrected chi connectivity index (χ1v) is 7.80. The van der Waals surface area contributed by atoms with Crippen LogP contribution in [0.3, 0.4) is 0 Å². The van der Waals surface area contributed by atoms with Crippen molar-refractivity contribution in [2.24, 2.45) is 0 Å². The van der Waals surface area contributed by atoms with Crippen LogP contribution in [0.5, 0.6) is 0 Å². The Morgan fingerprint density at radius 3 is 2.48 bits per heavy atom. The van der Waals surface area contributed by atoms with Gasteiger partial charge < -0.3 is 5.32 Å². The minimum Gasteiger partial charge on any atom is -0.326 e. The highest BCUT2D eigenvalue weighted by atomic mass is 32.2. The third-order valence-electron chi connectivity index (χ3n) is 3.44. The van der Waals surface area contributed by atoms with E-state index in [1.54, 1.807) is 13.0 Å². The number of benzene rings is 2. The summed E-state index contributed by atoms with van der Waals surface area (Å²) in [6, 6.07) is 7.86.